The predicted octanol–water partition coefficient (Wildman–Crippen LogP) is 3.95. The first-order valence-electron chi connectivity index (χ1n) is 12.0. The van der Waals surface area contributed by atoms with Gasteiger partial charge in [-0.3, -0.25) is 4.79 Å². The number of hydrogen-bond donors (Lipinski definition) is 4. The van der Waals surface area contributed by atoms with Crippen LogP contribution in [0.3, 0.4) is 0 Å². The Morgan fingerprint density at radius 2 is 1.94 bits per heavy atom. The highest BCUT2D eigenvalue weighted by Gasteiger charge is 2.26. The van der Waals surface area contributed by atoms with E-state index in [2.05, 4.69) is 15.6 Å². The van der Waals surface area contributed by atoms with Crippen molar-refractivity contribution in [1.29, 1.82) is 0 Å². The van der Waals surface area contributed by atoms with Crippen molar-refractivity contribution in [3.8, 4) is 0 Å². The number of aromatic nitrogens is 1. The number of nitrogens with two attached hydrogens (primary N) is 1. The largest absolute Gasteiger partial charge is 0.444 e. The molecule has 1 saturated carbocycles. The normalized spacial score (nSPS) is 15.8. The Morgan fingerprint density at radius 1 is 1.21 bits per heavy atom. The minimum absolute atomic E-state index is 0.226. The van der Waals surface area contributed by atoms with Crippen molar-refractivity contribution in [3.05, 3.63) is 35.3 Å². The molecule has 2 amide bonds. The van der Waals surface area contributed by atoms with Crippen molar-refractivity contribution in [2.75, 3.05) is 26.3 Å². The third kappa shape index (κ3) is 7.43. The van der Waals surface area contributed by atoms with E-state index in [0.29, 0.717) is 12.2 Å². The lowest BCUT2D eigenvalue weighted by atomic mass is 9.82. The molecular formula is C25H37FN4O4. The zero-order chi connectivity index (χ0) is 24.7. The highest BCUT2D eigenvalue weighted by molar-refractivity contribution is 6.01. The lowest BCUT2D eigenvalue weighted by molar-refractivity contribution is 0.0494. The second kappa shape index (κ2) is 11.7. The predicted molar refractivity (Wildman–Crippen MR) is 129 cm³/mol. The number of nitrogens with one attached hydrogen (secondary N) is 3. The first-order chi connectivity index (χ1) is 16.1. The SMILES string of the molecule is CC(C)(C)OC(=O)NCCOC[C@H](N)CNC(=O)c1[nH]c2ccc(F)cc2c1C1CCCCC1. The molecule has 34 heavy (non-hydrogen) atoms. The number of aromatic amines is 1. The third-order valence-electron chi connectivity index (χ3n) is 5.81. The number of hydrogen-bond acceptors (Lipinski definition) is 5. The van der Waals surface area contributed by atoms with Crippen molar-refractivity contribution in [3.63, 3.8) is 0 Å². The quantitative estimate of drug-likeness (QED) is 0.409. The molecular weight excluding hydrogens is 439 g/mol. The molecule has 1 aromatic heterocycles. The maximum absolute atomic E-state index is 14.0. The van der Waals surface area contributed by atoms with Crippen LogP contribution in [0.2, 0.25) is 0 Å². The summed E-state index contributed by atoms with van der Waals surface area (Å²) in [6.45, 7) is 6.41. The molecule has 1 aliphatic carbocycles. The van der Waals surface area contributed by atoms with E-state index in [0.717, 1.165) is 42.1 Å². The molecule has 1 atom stereocenters. The Balaban J connectivity index is 1.50. The second-order valence-corrected chi connectivity index (χ2v) is 9.91. The fourth-order valence-electron chi connectivity index (χ4n) is 4.32. The number of halogens is 1. The first-order valence-corrected chi connectivity index (χ1v) is 12.0. The molecule has 2 aromatic rings. The maximum atomic E-state index is 14.0. The molecule has 0 unspecified atom stereocenters. The van der Waals surface area contributed by atoms with Crippen molar-refractivity contribution >= 4 is 22.9 Å². The molecule has 0 saturated heterocycles. The number of ether oxygens (including phenoxy) is 2. The van der Waals surface area contributed by atoms with Crippen LogP contribution in [-0.2, 0) is 9.47 Å². The summed E-state index contributed by atoms with van der Waals surface area (Å²) >= 11 is 0. The molecule has 0 spiro atoms. The Labute approximate surface area is 200 Å². The van der Waals surface area contributed by atoms with Crippen LogP contribution in [0.25, 0.3) is 10.9 Å². The van der Waals surface area contributed by atoms with Gasteiger partial charge in [-0.2, -0.15) is 0 Å². The third-order valence-corrected chi connectivity index (χ3v) is 5.81. The molecule has 8 nitrogen and oxygen atoms in total. The zero-order valence-corrected chi connectivity index (χ0v) is 20.3. The van der Waals surface area contributed by atoms with Crippen LogP contribution in [0.5, 0.6) is 0 Å². The van der Waals surface area contributed by atoms with Crippen molar-refractivity contribution < 1.29 is 23.5 Å². The molecule has 9 heteroatoms. The molecule has 1 aromatic carbocycles. The van der Waals surface area contributed by atoms with Gasteiger partial charge in [-0.05, 0) is 63.3 Å². The van der Waals surface area contributed by atoms with Gasteiger partial charge in [-0.1, -0.05) is 19.3 Å². The molecule has 1 heterocycles. The van der Waals surface area contributed by atoms with E-state index in [9.17, 15) is 14.0 Å². The van der Waals surface area contributed by atoms with E-state index in [1.807, 2.05) is 0 Å². The van der Waals surface area contributed by atoms with Gasteiger partial charge in [0.15, 0.2) is 0 Å². The minimum Gasteiger partial charge on any atom is -0.444 e. The maximum Gasteiger partial charge on any atom is 0.407 e. The van der Waals surface area contributed by atoms with Gasteiger partial charge in [0, 0.05) is 30.0 Å². The number of amides is 2. The number of rotatable bonds is 9. The number of carbonyl (C=O) groups is 2. The summed E-state index contributed by atoms with van der Waals surface area (Å²) in [6, 6.07) is 4.18. The van der Waals surface area contributed by atoms with E-state index in [1.165, 1.54) is 18.6 Å². The van der Waals surface area contributed by atoms with Crippen LogP contribution in [0.1, 0.15) is 74.8 Å². The van der Waals surface area contributed by atoms with Crippen LogP contribution in [-0.4, -0.2) is 54.9 Å². The monoisotopic (exact) mass is 476 g/mol. The lowest BCUT2D eigenvalue weighted by Gasteiger charge is -2.23. The van der Waals surface area contributed by atoms with Crippen LogP contribution < -0.4 is 16.4 Å². The molecule has 5 N–H and O–H groups in total. The number of carbonyl (C=O) groups excluding carboxylic acids is 2. The standard InChI is InChI=1S/C25H37FN4O4/c1-25(2,3)34-24(32)28-11-12-33-15-18(27)14-29-23(31)22-21(16-7-5-4-6-8-16)19-13-17(26)9-10-20(19)30-22/h9-10,13,16,18,30H,4-8,11-12,14-15,27H2,1-3H3,(H,28,32)(H,29,31)/t18-/m1/s1. The summed E-state index contributed by atoms with van der Waals surface area (Å²) in [7, 11) is 0. The van der Waals surface area contributed by atoms with Crippen LogP contribution in [0.15, 0.2) is 18.2 Å². The molecule has 0 radical (unpaired) electrons. The smallest absolute Gasteiger partial charge is 0.407 e. The van der Waals surface area contributed by atoms with Crippen LogP contribution in [0.4, 0.5) is 9.18 Å². The summed E-state index contributed by atoms with van der Waals surface area (Å²) in [6.07, 6.45) is 4.90. The number of H-pyrrole nitrogens is 1. The van der Waals surface area contributed by atoms with E-state index in [4.69, 9.17) is 15.2 Å². The molecule has 1 aliphatic rings. The summed E-state index contributed by atoms with van der Waals surface area (Å²) in [5, 5.41) is 6.27. The average molecular weight is 477 g/mol. The lowest BCUT2D eigenvalue weighted by Crippen LogP contribution is -2.41. The summed E-state index contributed by atoms with van der Waals surface area (Å²) in [4.78, 5) is 27.8. The van der Waals surface area contributed by atoms with Gasteiger partial charge in [0.05, 0.1) is 13.2 Å². The number of alkyl carbamates (subject to hydrolysis) is 1. The average Bonchev–Trinajstić information content (AvgIpc) is 3.15. The van der Waals surface area contributed by atoms with E-state index in [-0.39, 0.29) is 37.4 Å². The molecule has 188 valence electrons. The fourth-order valence-corrected chi connectivity index (χ4v) is 4.32. The Morgan fingerprint density at radius 3 is 2.65 bits per heavy atom. The van der Waals surface area contributed by atoms with E-state index < -0.39 is 17.7 Å². The summed E-state index contributed by atoms with van der Waals surface area (Å²) in [5.74, 6) is -0.324. The van der Waals surface area contributed by atoms with Gasteiger partial charge in [0.1, 0.15) is 17.1 Å². The van der Waals surface area contributed by atoms with Crippen LogP contribution >= 0.6 is 0 Å². The van der Waals surface area contributed by atoms with Gasteiger partial charge in [0.2, 0.25) is 0 Å². The highest BCUT2D eigenvalue weighted by atomic mass is 19.1. The Hall–Kier alpha value is -2.65. The Bertz CT molecular complexity index is 979. The van der Waals surface area contributed by atoms with Crippen molar-refractivity contribution in [2.24, 2.45) is 5.73 Å². The molecule has 0 aliphatic heterocycles. The van der Waals surface area contributed by atoms with Crippen LogP contribution in [0, 0.1) is 5.82 Å². The van der Waals surface area contributed by atoms with Gasteiger partial charge in [-0.25, -0.2) is 9.18 Å². The minimum atomic E-state index is -0.554. The van der Waals surface area contributed by atoms with E-state index >= 15 is 0 Å². The van der Waals surface area contributed by atoms with Gasteiger partial charge in [0.25, 0.3) is 5.91 Å². The molecule has 1 fully saturated rings. The topological polar surface area (TPSA) is 118 Å². The molecule has 0 bridgehead atoms. The molecule has 3 rings (SSSR count). The second-order valence-electron chi connectivity index (χ2n) is 9.91. The van der Waals surface area contributed by atoms with Gasteiger partial charge >= 0.3 is 6.09 Å². The zero-order valence-electron chi connectivity index (χ0n) is 20.3. The van der Waals surface area contributed by atoms with Gasteiger partial charge in [-0.15, -0.1) is 0 Å². The van der Waals surface area contributed by atoms with Crippen molar-refractivity contribution in [1.82, 2.24) is 15.6 Å². The van der Waals surface area contributed by atoms with E-state index in [1.54, 1.807) is 26.8 Å². The summed E-state index contributed by atoms with van der Waals surface area (Å²) in [5.41, 5.74) is 7.69. The first kappa shape index (κ1) is 26.0. The van der Waals surface area contributed by atoms with Crippen molar-refractivity contribution in [2.45, 2.75) is 70.4 Å². The summed E-state index contributed by atoms with van der Waals surface area (Å²) < 4.78 is 24.6. The number of benzene rings is 1. The Kier molecular flexibility index (Phi) is 8.90. The van der Waals surface area contributed by atoms with Gasteiger partial charge < -0.3 is 30.8 Å². The highest BCUT2D eigenvalue weighted by Crippen LogP contribution is 2.38. The fraction of sp³-hybridized carbons (Fsp3) is 0.600. The number of fused-ring (bicyclic) bond motifs is 1.